The van der Waals surface area contributed by atoms with Crippen molar-refractivity contribution in [3.05, 3.63) is 82.4 Å². The van der Waals surface area contributed by atoms with Crippen molar-refractivity contribution in [1.29, 1.82) is 0 Å². The summed E-state index contributed by atoms with van der Waals surface area (Å²) in [5, 5.41) is 2.34. The Balaban J connectivity index is 2.33. The molecule has 0 amide bonds. The highest BCUT2D eigenvalue weighted by molar-refractivity contribution is 5.81. The standard InChI is InChI=1S/C29H23F12NO2/c1-14(2)4-24(25(43)44-3)17-5-15(16-6-18(26(30,31)32)10-19(7-16)27(33,34)35)8-22(9-17)42-23-12-20(28(36,37)38)11-21(13-23)29(39,40)41/h5-14,24,42H,4H2,1-3H3. The highest BCUT2D eigenvalue weighted by atomic mass is 19.4. The third kappa shape index (κ3) is 8.59. The highest BCUT2D eigenvalue weighted by Gasteiger charge is 2.38. The molecule has 1 unspecified atom stereocenters. The number of hydrogen-bond acceptors (Lipinski definition) is 3. The largest absolute Gasteiger partial charge is 0.469 e. The zero-order valence-corrected chi connectivity index (χ0v) is 22.9. The smallest absolute Gasteiger partial charge is 0.416 e. The predicted molar refractivity (Wildman–Crippen MR) is 136 cm³/mol. The summed E-state index contributed by atoms with van der Waals surface area (Å²) in [5.74, 6) is -2.21. The van der Waals surface area contributed by atoms with E-state index in [0.717, 1.165) is 25.3 Å². The number of rotatable bonds is 7. The van der Waals surface area contributed by atoms with Gasteiger partial charge in [0.25, 0.3) is 0 Å². The fourth-order valence-corrected chi connectivity index (χ4v) is 4.39. The van der Waals surface area contributed by atoms with Crippen LogP contribution in [0.1, 0.15) is 54.0 Å². The van der Waals surface area contributed by atoms with Crippen LogP contribution in [0.25, 0.3) is 11.1 Å². The van der Waals surface area contributed by atoms with Gasteiger partial charge in [-0.15, -0.1) is 0 Å². The summed E-state index contributed by atoms with van der Waals surface area (Å²) in [6.45, 7) is 3.39. The Morgan fingerprint density at radius 1 is 0.614 bits per heavy atom. The molecule has 0 aliphatic rings. The van der Waals surface area contributed by atoms with Crippen molar-refractivity contribution in [3.63, 3.8) is 0 Å². The van der Waals surface area contributed by atoms with E-state index in [2.05, 4.69) is 5.32 Å². The first-order valence-corrected chi connectivity index (χ1v) is 12.6. The number of carbonyl (C=O) groups excluding carboxylic acids is 1. The highest BCUT2D eigenvalue weighted by Crippen LogP contribution is 2.42. The number of carbonyl (C=O) groups is 1. The average Bonchev–Trinajstić information content (AvgIpc) is 2.88. The summed E-state index contributed by atoms with van der Waals surface area (Å²) >= 11 is 0. The zero-order valence-electron chi connectivity index (χ0n) is 22.9. The third-order valence-electron chi connectivity index (χ3n) is 6.35. The Bertz CT molecular complexity index is 1440. The van der Waals surface area contributed by atoms with Gasteiger partial charge in [0, 0.05) is 11.4 Å². The van der Waals surface area contributed by atoms with Crippen LogP contribution >= 0.6 is 0 Å². The van der Waals surface area contributed by atoms with Crippen molar-refractivity contribution in [2.75, 3.05) is 12.4 Å². The van der Waals surface area contributed by atoms with Crippen LogP contribution in [0.5, 0.6) is 0 Å². The maximum Gasteiger partial charge on any atom is 0.416 e. The summed E-state index contributed by atoms with van der Waals surface area (Å²) in [6, 6.07) is 4.46. The van der Waals surface area contributed by atoms with E-state index in [4.69, 9.17) is 4.74 Å². The first kappa shape index (κ1) is 34.6. The second-order valence-electron chi connectivity index (χ2n) is 10.3. The van der Waals surface area contributed by atoms with Crippen LogP contribution in [0.4, 0.5) is 64.1 Å². The second-order valence-corrected chi connectivity index (χ2v) is 10.3. The van der Waals surface area contributed by atoms with Crippen molar-refractivity contribution >= 4 is 17.3 Å². The molecule has 3 nitrogen and oxygen atoms in total. The Hall–Kier alpha value is -3.91. The molecule has 0 heterocycles. The van der Waals surface area contributed by atoms with Crippen molar-refractivity contribution in [2.45, 2.75) is 50.9 Å². The van der Waals surface area contributed by atoms with Gasteiger partial charge in [0.15, 0.2) is 0 Å². The molecular weight excluding hydrogens is 622 g/mol. The Labute approximate surface area is 242 Å². The van der Waals surface area contributed by atoms with Crippen LogP contribution in [0.3, 0.4) is 0 Å². The van der Waals surface area contributed by atoms with Gasteiger partial charge in [-0.1, -0.05) is 19.9 Å². The van der Waals surface area contributed by atoms with E-state index in [1.165, 1.54) is 0 Å². The molecule has 0 aromatic heterocycles. The van der Waals surface area contributed by atoms with Crippen molar-refractivity contribution in [2.24, 2.45) is 5.92 Å². The summed E-state index contributed by atoms with van der Waals surface area (Å²) in [5.41, 5.74) is -8.75. The van der Waals surface area contributed by atoms with Gasteiger partial charge in [-0.3, -0.25) is 4.79 Å². The first-order chi connectivity index (χ1) is 20.0. The van der Waals surface area contributed by atoms with E-state index in [0.29, 0.717) is 24.3 Å². The second kappa shape index (κ2) is 12.2. The van der Waals surface area contributed by atoms with Gasteiger partial charge in [0.1, 0.15) is 0 Å². The molecule has 3 rings (SSSR count). The number of alkyl halides is 12. The molecule has 1 atom stereocenters. The maximum absolute atomic E-state index is 13.6. The van der Waals surface area contributed by atoms with E-state index < -0.39 is 70.1 Å². The molecule has 0 saturated heterocycles. The lowest BCUT2D eigenvalue weighted by atomic mass is 9.87. The van der Waals surface area contributed by atoms with Crippen molar-refractivity contribution in [3.8, 4) is 11.1 Å². The fourth-order valence-electron chi connectivity index (χ4n) is 4.39. The minimum Gasteiger partial charge on any atom is -0.469 e. The van der Waals surface area contributed by atoms with Gasteiger partial charge in [-0.25, -0.2) is 0 Å². The van der Waals surface area contributed by atoms with Crippen LogP contribution in [-0.4, -0.2) is 13.1 Å². The van der Waals surface area contributed by atoms with Crippen molar-refractivity contribution < 1.29 is 62.2 Å². The Morgan fingerprint density at radius 2 is 1.00 bits per heavy atom. The number of hydrogen-bond donors (Lipinski definition) is 1. The summed E-state index contributed by atoms with van der Waals surface area (Å²) in [7, 11) is 1.03. The zero-order chi connectivity index (χ0) is 33.4. The predicted octanol–water partition coefficient (Wildman–Crippen LogP) is 10.5. The molecule has 3 aromatic carbocycles. The number of methoxy groups -OCH3 is 1. The van der Waals surface area contributed by atoms with Crippen LogP contribution < -0.4 is 5.32 Å². The molecule has 0 aliphatic heterocycles. The van der Waals surface area contributed by atoms with Gasteiger partial charge in [0.2, 0.25) is 0 Å². The lowest BCUT2D eigenvalue weighted by Gasteiger charge is -2.21. The Kier molecular flexibility index (Phi) is 9.61. The lowest BCUT2D eigenvalue weighted by Crippen LogP contribution is -2.17. The molecule has 15 heteroatoms. The van der Waals surface area contributed by atoms with E-state index >= 15 is 0 Å². The molecule has 240 valence electrons. The molecule has 0 bridgehead atoms. The van der Waals surface area contributed by atoms with Crippen LogP contribution in [0.2, 0.25) is 0 Å². The van der Waals surface area contributed by atoms with Crippen LogP contribution in [-0.2, 0) is 34.2 Å². The van der Waals surface area contributed by atoms with E-state index in [-0.39, 0.29) is 41.3 Å². The van der Waals surface area contributed by atoms with Crippen LogP contribution in [0.15, 0.2) is 54.6 Å². The molecule has 3 aromatic rings. The normalized spacial score (nSPS) is 13.6. The summed E-state index contributed by atoms with van der Waals surface area (Å²) in [4.78, 5) is 12.7. The maximum atomic E-state index is 13.6. The van der Waals surface area contributed by atoms with E-state index in [1.807, 2.05) is 0 Å². The number of nitrogens with one attached hydrogen (secondary N) is 1. The minimum atomic E-state index is -5.22. The molecular formula is C29H23F12NO2. The Morgan fingerprint density at radius 3 is 1.39 bits per heavy atom. The number of benzene rings is 3. The molecule has 44 heavy (non-hydrogen) atoms. The lowest BCUT2D eigenvalue weighted by molar-refractivity contribution is -0.144. The molecule has 0 aliphatic carbocycles. The molecule has 0 fully saturated rings. The quantitative estimate of drug-likeness (QED) is 0.205. The average molecular weight is 645 g/mol. The van der Waals surface area contributed by atoms with Gasteiger partial charge in [-0.05, 0) is 77.6 Å². The first-order valence-electron chi connectivity index (χ1n) is 12.6. The fraction of sp³-hybridized carbons (Fsp3) is 0.345. The minimum absolute atomic E-state index is 0.0282. The van der Waals surface area contributed by atoms with E-state index in [9.17, 15) is 57.5 Å². The monoisotopic (exact) mass is 645 g/mol. The van der Waals surface area contributed by atoms with Crippen molar-refractivity contribution in [1.82, 2.24) is 0 Å². The molecule has 0 spiro atoms. The van der Waals surface area contributed by atoms with Gasteiger partial charge in [0.05, 0.1) is 35.3 Å². The van der Waals surface area contributed by atoms with Gasteiger partial charge < -0.3 is 10.1 Å². The number of halogens is 12. The summed E-state index contributed by atoms with van der Waals surface area (Å²) in [6.07, 6.45) is -20.8. The molecule has 0 saturated carbocycles. The summed E-state index contributed by atoms with van der Waals surface area (Å²) < 4.78 is 167. The van der Waals surface area contributed by atoms with Crippen LogP contribution in [0, 0.1) is 5.92 Å². The van der Waals surface area contributed by atoms with E-state index in [1.54, 1.807) is 13.8 Å². The third-order valence-corrected chi connectivity index (χ3v) is 6.35. The topological polar surface area (TPSA) is 38.3 Å². The number of ether oxygens (including phenoxy) is 1. The molecule has 1 N–H and O–H groups in total. The number of anilines is 2. The van der Waals surface area contributed by atoms with Gasteiger partial charge >= 0.3 is 30.7 Å². The molecule has 0 radical (unpaired) electrons. The number of esters is 1. The SMILES string of the molecule is COC(=O)C(CC(C)C)c1cc(Nc2cc(C(F)(F)F)cc(C(F)(F)F)c2)cc(-c2cc(C(F)(F)F)cc(C(F)(F)F)c2)c1. The van der Waals surface area contributed by atoms with Gasteiger partial charge in [-0.2, -0.15) is 52.7 Å².